The molecule has 0 unspecified atom stereocenters. The Morgan fingerprint density at radius 3 is 2.55 bits per heavy atom. The van der Waals surface area contributed by atoms with E-state index in [-0.39, 0.29) is 5.91 Å². The van der Waals surface area contributed by atoms with Gasteiger partial charge < -0.3 is 5.32 Å². The first kappa shape index (κ1) is 14.5. The number of carbonyl (C=O) groups is 1. The van der Waals surface area contributed by atoms with Gasteiger partial charge in [-0.1, -0.05) is 48.5 Å². The van der Waals surface area contributed by atoms with Crippen molar-refractivity contribution in [3.63, 3.8) is 0 Å². The molecule has 3 rings (SSSR count). The van der Waals surface area contributed by atoms with E-state index in [0.717, 1.165) is 27.3 Å². The van der Waals surface area contributed by atoms with Gasteiger partial charge in [-0.15, -0.1) is 11.3 Å². The summed E-state index contributed by atoms with van der Waals surface area (Å²) in [6.07, 6.45) is 0.394. The van der Waals surface area contributed by atoms with Crippen molar-refractivity contribution in [2.24, 2.45) is 0 Å². The van der Waals surface area contributed by atoms with Crippen LogP contribution in [0.25, 0.3) is 10.4 Å². The number of amides is 1. The van der Waals surface area contributed by atoms with E-state index < -0.39 is 0 Å². The number of para-hydroxylation sites is 1. The van der Waals surface area contributed by atoms with Crippen molar-refractivity contribution in [1.29, 1.82) is 0 Å². The molecule has 0 radical (unpaired) electrons. The molecule has 0 atom stereocenters. The number of thiophene rings is 1. The highest BCUT2D eigenvalue weighted by molar-refractivity contribution is 7.13. The normalized spacial score (nSPS) is 10.4. The van der Waals surface area contributed by atoms with Crippen molar-refractivity contribution < 1.29 is 4.79 Å². The molecule has 3 heteroatoms. The highest BCUT2D eigenvalue weighted by atomic mass is 32.1. The van der Waals surface area contributed by atoms with Crippen molar-refractivity contribution in [2.45, 2.75) is 13.3 Å². The molecule has 0 aliphatic carbocycles. The molecule has 0 saturated carbocycles. The Kier molecular flexibility index (Phi) is 4.35. The summed E-state index contributed by atoms with van der Waals surface area (Å²) in [4.78, 5) is 13.5. The zero-order chi connectivity index (χ0) is 15.4. The van der Waals surface area contributed by atoms with Crippen LogP contribution in [0.3, 0.4) is 0 Å². The second-order valence-electron chi connectivity index (χ2n) is 5.17. The van der Waals surface area contributed by atoms with Crippen molar-refractivity contribution in [1.82, 2.24) is 0 Å². The quantitative estimate of drug-likeness (QED) is 0.729. The lowest BCUT2D eigenvalue weighted by Crippen LogP contribution is -2.15. The second-order valence-corrected chi connectivity index (χ2v) is 6.12. The van der Waals surface area contributed by atoms with Gasteiger partial charge in [-0.3, -0.25) is 4.79 Å². The first-order valence-corrected chi connectivity index (χ1v) is 8.09. The number of hydrogen-bond donors (Lipinski definition) is 1. The summed E-state index contributed by atoms with van der Waals surface area (Å²) in [6.45, 7) is 2.03. The Bertz CT molecular complexity index is 778. The number of anilines is 1. The van der Waals surface area contributed by atoms with E-state index in [1.54, 1.807) is 11.3 Å². The molecule has 1 aromatic heterocycles. The largest absolute Gasteiger partial charge is 0.325 e. The monoisotopic (exact) mass is 307 g/mol. The van der Waals surface area contributed by atoms with Crippen LogP contribution in [-0.4, -0.2) is 5.91 Å². The predicted molar refractivity (Wildman–Crippen MR) is 93.3 cm³/mol. The molecule has 110 valence electrons. The topological polar surface area (TPSA) is 29.1 Å². The van der Waals surface area contributed by atoms with Crippen molar-refractivity contribution in [2.75, 3.05) is 5.32 Å². The lowest BCUT2D eigenvalue weighted by atomic mass is 10.1. The molecule has 3 aromatic rings. The summed E-state index contributed by atoms with van der Waals surface area (Å²) in [7, 11) is 0. The van der Waals surface area contributed by atoms with E-state index in [1.807, 2.05) is 66.9 Å². The Balaban J connectivity index is 1.79. The third-order valence-electron chi connectivity index (χ3n) is 3.60. The summed E-state index contributed by atoms with van der Waals surface area (Å²) < 4.78 is 0. The van der Waals surface area contributed by atoms with Gasteiger partial charge in [0.05, 0.1) is 6.42 Å². The maximum Gasteiger partial charge on any atom is 0.228 e. The lowest BCUT2D eigenvalue weighted by molar-refractivity contribution is -0.115. The number of benzene rings is 2. The van der Waals surface area contributed by atoms with E-state index in [1.165, 1.54) is 0 Å². The molecule has 0 fully saturated rings. The molecule has 1 heterocycles. The molecule has 22 heavy (non-hydrogen) atoms. The minimum Gasteiger partial charge on any atom is -0.325 e. The predicted octanol–water partition coefficient (Wildman–Crippen LogP) is 4.90. The molecule has 0 aliphatic rings. The number of aryl methyl sites for hydroxylation is 1. The van der Waals surface area contributed by atoms with Crippen LogP contribution in [-0.2, 0) is 11.2 Å². The molecule has 2 nitrogen and oxygen atoms in total. The van der Waals surface area contributed by atoms with Crippen LogP contribution < -0.4 is 5.32 Å². The average molecular weight is 307 g/mol. The second kappa shape index (κ2) is 6.58. The molecule has 0 bridgehead atoms. The summed E-state index contributed by atoms with van der Waals surface area (Å²) in [6, 6.07) is 20.0. The number of carbonyl (C=O) groups excluding carboxylic acids is 1. The van der Waals surface area contributed by atoms with Crippen LogP contribution in [0.15, 0.2) is 66.0 Å². The number of nitrogens with one attached hydrogen (secondary N) is 1. The van der Waals surface area contributed by atoms with Gasteiger partial charge >= 0.3 is 0 Å². The van der Waals surface area contributed by atoms with Crippen molar-refractivity contribution >= 4 is 22.9 Å². The van der Waals surface area contributed by atoms with E-state index in [4.69, 9.17) is 0 Å². The number of hydrogen-bond acceptors (Lipinski definition) is 2. The van der Waals surface area contributed by atoms with Crippen molar-refractivity contribution in [3.8, 4) is 10.4 Å². The summed E-state index contributed by atoms with van der Waals surface area (Å²) >= 11 is 1.67. The molecule has 0 spiro atoms. The minimum absolute atomic E-state index is 0.0123. The smallest absolute Gasteiger partial charge is 0.228 e. The van der Waals surface area contributed by atoms with Gasteiger partial charge in [0.2, 0.25) is 5.91 Å². The first-order valence-electron chi connectivity index (χ1n) is 7.21. The Hall–Kier alpha value is -2.39. The van der Waals surface area contributed by atoms with Crippen LogP contribution in [0, 0.1) is 6.92 Å². The van der Waals surface area contributed by atoms with Crippen molar-refractivity contribution in [3.05, 3.63) is 77.2 Å². The minimum atomic E-state index is 0.0123. The fourth-order valence-electron chi connectivity index (χ4n) is 2.41. The zero-order valence-electron chi connectivity index (χ0n) is 12.4. The molecule has 0 aliphatic heterocycles. The first-order chi connectivity index (χ1) is 10.7. The summed E-state index contributed by atoms with van der Waals surface area (Å²) in [5.41, 5.74) is 4.14. The van der Waals surface area contributed by atoms with Gasteiger partial charge in [0, 0.05) is 16.1 Å². The third-order valence-corrected chi connectivity index (χ3v) is 4.50. The van der Waals surface area contributed by atoms with Gasteiger partial charge in [-0.25, -0.2) is 0 Å². The van der Waals surface area contributed by atoms with Gasteiger partial charge in [0.25, 0.3) is 0 Å². The van der Waals surface area contributed by atoms with E-state index in [0.29, 0.717) is 6.42 Å². The standard InChI is InChI=1S/C19H17NOS/c1-14-7-2-3-8-15(14)13-19(21)20-17-10-5-4-9-16(17)18-11-6-12-22-18/h2-12H,13H2,1H3,(H,20,21). The van der Waals surface area contributed by atoms with E-state index in [2.05, 4.69) is 11.4 Å². The Labute approximate surface area is 134 Å². The summed E-state index contributed by atoms with van der Waals surface area (Å²) in [5.74, 6) is 0.0123. The van der Waals surface area contributed by atoms with Crippen LogP contribution in [0.2, 0.25) is 0 Å². The molecule has 1 amide bonds. The van der Waals surface area contributed by atoms with E-state index in [9.17, 15) is 4.79 Å². The number of rotatable bonds is 4. The maximum atomic E-state index is 12.3. The molecule has 0 saturated heterocycles. The fourth-order valence-corrected chi connectivity index (χ4v) is 3.18. The van der Waals surface area contributed by atoms with Crippen LogP contribution in [0.5, 0.6) is 0 Å². The average Bonchev–Trinajstić information content (AvgIpc) is 3.04. The molecular formula is C19H17NOS. The Morgan fingerprint density at radius 2 is 1.77 bits per heavy atom. The SMILES string of the molecule is Cc1ccccc1CC(=O)Nc1ccccc1-c1cccs1. The van der Waals surface area contributed by atoms with Gasteiger partial charge in [0.1, 0.15) is 0 Å². The molecule has 2 aromatic carbocycles. The highest BCUT2D eigenvalue weighted by Crippen LogP contribution is 2.31. The van der Waals surface area contributed by atoms with Gasteiger partial charge in [-0.05, 0) is 35.6 Å². The van der Waals surface area contributed by atoms with E-state index >= 15 is 0 Å². The fraction of sp³-hybridized carbons (Fsp3) is 0.105. The van der Waals surface area contributed by atoms with Crippen LogP contribution >= 0.6 is 11.3 Å². The highest BCUT2D eigenvalue weighted by Gasteiger charge is 2.10. The van der Waals surface area contributed by atoms with Crippen LogP contribution in [0.4, 0.5) is 5.69 Å². The molecule has 1 N–H and O–H groups in total. The summed E-state index contributed by atoms with van der Waals surface area (Å²) in [5, 5.41) is 5.09. The Morgan fingerprint density at radius 1 is 1.00 bits per heavy atom. The van der Waals surface area contributed by atoms with Crippen LogP contribution in [0.1, 0.15) is 11.1 Å². The zero-order valence-corrected chi connectivity index (χ0v) is 13.2. The third kappa shape index (κ3) is 3.26. The van der Waals surface area contributed by atoms with Gasteiger partial charge in [-0.2, -0.15) is 0 Å². The maximum absolute atomic E-state index is 12.3. The molecular weight excluding hydrogens is 290 g/mol. The van der Waals surface area contributed by atoms with Gasteiger partial charge in [0.15, 0.2) is 0 Å². The lowest BCUT2D eigenvalue weighted by Gasteiger charge is -2.11.